The Morgan fingerprint density at radius 3 is 3.00 bits per heavy atom. The van der Waals surface area contributed by atoms with Crippen molar-refractivity contribution in [1.82, 2.24) is 4.57 Å². The van der Waals surface area contributed by atoms with Gasteiger partial charge in [-0.25, -0.2) is 0 Å². The molecule has 1 heterocycles. The molecule has 3 heteroatoms. The predicted molar refractivity (Wildman–Crippen MR) is 64.7 cm³/mol. The standard InChI is InChI=1S/C11H20N2S/c1-3-11(12)10-5-7-13(9-10)6-4-8-14-2/h5,7,9,11H,3-4,6,8,12H2,1-2H3. The van der Waals surface area contributed by atoms with Gasteiger partial charge in [-0.1, -0.05) is 6.92 Å². The summed E-state index contributed by atoms with van der Waals surface area (Å²) in [6.45, 7) is 3.23. The summed E-state index contributed by atoms with van der Waals surface area (Å²) < 4.78 is 2.24. The van der Waals surface area contributed by atoms with Crippen LogP contribution in [0.25, 0.3) is 0 Å². The molecule has 2 nitrogen and oxygen atoms in total. The summed E-state index contributed by atoms with van der Waals surface area (Å²) >= 11 is 1.90. The lowest BCUT2D eigenvalue weighted by molar-refractivity contribution is 0.668. The molecule has 1 unspecified atom stereocenters. The highest BCUT2D eigenvalue weighted by molar-refractivity contribution is 7.98. The first kappa shape index (κ1) is 11.7. The van der Waals surface area contributed by atoms with Crippen LogP contribution in [0.5, 0.6) is 0 Å². The van der Waals surface area contributed by atoms with Crippen molar-refractivity contribution in [3.8, 4) is 0 Å². The van der Waals surface area contributed by atoms with Crippen molar-refractivity contribution in [3.63, 3.8) is 0 Å². The molecule has 14 heavy (non-hydrogen) atoms. The summed E-state index contributed by atoms with van der Waals surface area (Å²) in [5, 5.41) is 0. The molecule has 1 aromatic heterocycles. The lowest BCUT2D eigenvalue weighted by Crippen LogP contribution is -2.07. The molecule has 0 saturated carbocycles. The summed E-state index contributed by atoms with van der Waals surface area (Å²) in [6, 6.07) is 2.34. The fourth-order valence-corrected chi connectivity index (χ4v) is 1.86. The number of thioether (sulfide) groups is 1. The average molecular weight is 212 g/mol. The van der Waals surface area contributed by atoms with Crippen LogP contribution in [0.1, 0.15) is 31.4 Å². The van der Waals surface area contributed by atoms with Gasteiger partial charge in [0.15, 0.2) is 0 Å². The Morgan fingerprint density at radius 1 is 1.57 bits per heavy atom. The SMILES string of the molecule is CCC(N)c1ccn(CCCSC)c1. The third-order valence-corrected chi connectivity index (χ3v) is 3.10. The molecule has 0 amide bonds. The Bertz CT molecular complexity index is 258. The van der Waals surface area contributed by atoms with Gasteiger partial charge in [0.25, 0.3) is 0 Å². The van der Waals surface area contributed by atoms with E-state index in [1.165, 1.54) is 17.7 Å². The number of hydrogen-bond acceptors (Lipinski definition) is 2. The van der Waals surface area contributed by atoms with Gasteiger partial charge in [0.1, 0.15) is 0 Å². The molecular formula is C11H20N2S. The largest absolute Gasteiger partial charge is 0.354 e. The van der Waals surface area contributed by atoms with Crippen LogP contribution < -0.4 is 5.73 Å². The second-order valence-corrected chi connectivity index (χ2v) is 4.53. The zero-order valence-electron chi connectivity index (χ0n) is 9.07. The summed E-state index contributed by atoms with van der Waals surface area (Å²) in [7, 11) is 0. The first-order valence-electron chi connectivity index (χ1n) is 5.18. The molecule has 0 aliphatic heterocycles. The van der Waals surface area contributed by atoms with E-state index in [9.17, 15) is 0 Å². The van der Waals surface area contributed by atoms with Crippen LogP contribution in [0, 0.1) is 0 Å². The summed E-state index contributed by atoms with van der Waals surface area (Å²) in [6.07, 6.45) is 8.69. The first-order valence-corrected chi connectivity index (χ1v) is 6.57. The van der Waals surface area contributed by atoms with Crippen LogP contribution in [0.2, 0.25) is 0 Å². The Balaban J connectivity index is 2.42. The van der Waals surface area contributed by atoms with E-state index in [-0.39, 0.29) is 6.04 Å². The van der Waals surface area contributed by atoms with E-state index in [4.69, 9.17) is 5.73 Å². The Kier molecular flexibility index (Phi) is 5.12. The molecule has 0 aliphatic carbocycles. The summed E-state index contributed by atoms with van der Waals surface area (Å²) in [5.74, 6) is 1.23. The van der Waals surface area contributed by atoms with Crippen molar-refractivity contribution in [3.05, 3.63) is 24.0 Å². The van der Waals surface area contributed by atoms with Crippen molar-refractivity contribution in [1.29, 1.82) is 0 Å². The first-order chi connectivity index (χ1) is 6.77. The molecule has 0 saturated heterocycles. The van der Waals surface area contributed by atoms with Crippen molar-refractivity contribution in [2.75, 3.05) is 12.0 Å². The van der Waals surface area contributed by atoms with Crippen LogP contribution in [0.15, 0.2) is 18.5 Å². The molecule has 0 bridgehead atoms. The van der Waals surface area contributed by atoms with Gasteiger partial charge in [0, 0.05) is 25.0 Å². The van der Waals surface area contributed by atoms with E-state index in [2.05, 4.69) is 36.2 Å². The molecule has 0 spiro atoms. The van der Waals surface area contributed by atoms with E-state index < -0.39 is 0 Å². The van der Waals surface area contributed by atoms with Gasteiger partial charge in [0.05, 0.1) is 0 Å². The third-order valence-electron chi connectivity index (χ3n) is 2.41. The molecule has 80 valence electrons. The highest BCUT2D eigenvalue weighted by atomic mass is 32.2. The van der Waals surface area contributed by atoms with Gasteiger partial charge in [-0.3, -0.25) is 0 Å². The van der Waals surface area contributed by atoms with E-state index in [0.29, 0.717) is 0 Å². The second kappa shape index (κ2) is 6.14. The zero-order valence-corrected chi connectivity index (χ0v) is 9.89. The molecule has 2 N–H and O–H groups in total. The maximum atomic E-state index is 5.94. The van der Waals surface area contributed by atoms with Gasteiger partial charge in [-0.05, 0) is 36.5 Å². The zero-order chi connectivity index (χ0) is 10.4. The van der Waals surface area contributed by atoms with Crippen LogP contribution in [0.3, 0.4) is 0 Å². The number of nitrogens with two attached hydrogens (primary N) is 1. The Morgan fingerprint density at radius 2 is 2.36 bits per heavy atom. The minimum Gasteiger partial charge on any atom is -0.354 e. The minimum absolute atomic E-state index is 0.205. The molecule has 1 atom stereocenters. The van der Waals surface area contributed by atoms with Crippen LogP contribution >= 0.6 is 11.8 Å². The normalized spacial score (nSPS) is 13.1. The van der Waals surface area contributed by atoms with Crippen LogP contribution in [0.4, 0.5) is 0 Å². The molecular weight excluding hydrogens is 192 g/mol. The second-order valence-electron chi connectivity index (χ2n) is 3.54. The molecule has 1 rings (SSSR count). The minimum atomic E-state index is 0.205. The molecule has 0 radical (unpaired) electrons. The number of aromatic nitrogens is 1. The van der Waals surface area contributed by atoms with E-state index in [1.54, 1.807) is 0 Å². The molecule has 0 aliphatic rings. The summed E-state index contributed by atoms with van der Waals surface area (Å²) in [5.41, 5.74) is 7.21. The Labute approximate surface area is 90.9 Å². The van der Waals surface area contributed by atoms with E-state index in [0.717, 1.165) is 13.0 Å². The molecule has 0 aromatic carbocycles. The van der Waals surface area contributed by atoms with Gasteiger partial charge in [0.2, 0.25) is 0 Å². The number of nitrogens with zero attached hydrogens (tertiary/aromatic N) is 1. The fourth-order valence-electron chi connectivity index (χ4n) is 1.44. The maximum Gasteiger partial charge on any atom is 0.0307 e. The maximum absolute atomic E-state index is 5.94. The Hall–Kier alpha value is -0.410. The van der Waals surface area contributed by atoms with Gasteiger partial charge >= 0.3 is 0 Å². The van der Waals surface area contributed by atoms with Gasteiger partial charge in [-0.2, -0.15) is 11.8 Å². The van der Waals surface area contributed by atoms with E-state index in [1.807, 2.05) is 11.8 Å². The molecule has 1 aromatic rings. The van der Waals surface area contributed by atoms with E-state index >= 15 is 0 Å². The highest BCUT2D eigenvalue weighted by Gasteiger charge is 2.04. The van der Waals surface area contributed by atoms with Crippen LogP contribution in [-0.2, 0) is 6.54 Å². The fraction of sp³-hybridized carbons (Fsp3) is 0.636. The van der Waals surface area contributed by atoms with Gasteiger partial charge < -0.3 is 10.3 Å². The van der Waals surface area contributed by atoms with Crippen molar-refractivity contribution in [2.45, 2.75) is 32.4 Å². The third kappa shape index (κ3) is 3.39. The highest BCUT2D eigenvalue weighted by Crippen LogP contribution is 2.14. The lowest BCUT2D eigenvalue weighted by atomic mass is 10.1. The molecule has 0 fully saturated rings. The smallest absolute Gasteiger partial charge is 0.0307 e. The van der Waals surface area contributed by atoms with Crippen molar-refractivity contribution in [2.24, 2.45) is 5.73 Å². The lowest BCUT2D eigenvalue weighted by Gasteiger charge is -2.05. The average Bonchev–Trinajstić information content (AvgIpc) is 2.66. The summed E-state index contributed by atoms with van der Waals surface area (Å²) in [4.78, 5) is 0. The predicted octanol–water partition coefficient (Wildman–Crippen LogP) is 2.65. The number of aryl methyl sites for hydroxylation is 1. The number of rotatable bonds is 6. The quantitative estimate of drug-likeness (QED) is 0.735. The number of hydrogen-bond donors (Lipinski definition) is 1. The van der Waals surface area contributed by atoms with Gasteiger partial charge in [-0.15, -0.1) is 0 Å². The van der Waals surface area contributed by atoms with Crippen LogP contribution in [-0.4, -0.2) is 16.6 Å². The van der Waals surface area contributed by atoms with Crippen molar-refractivity contribution >= 4 is 11.8 Å². The topological polar surface area (TPSA) is 30.9 Å². The van der Waals surface area contributed by atoms with Crippen molar-refractivity contribution < 1.29 is 0 Å². The monoisotopic (exact) mass is 212 g/mol.